The summed E-state index contributed by atoms with van der Waals surface area (Å²) >= 11 is 0. The Balaban J connectivity index is 1.97. The maximum absolute atomic E-state index is 12.0. The quantitative estimate of drug-likeness (QED) is 0.712. The molecule has 2 N–H and O–H groups in total. The van der Waals surface area contributed by atoms with Gasteiger partial charge in [0.15, 0.2) is 0 Å². The van der Waals surface area contributed by atoms with Crippen molar-refractivity contribution in [2.24, 2.45) is 0 Å². The van der Waals surface area contributed by atoms with Gasteiger partial charge in [0.25, 0.3) is 0 Å². The molecule has 80 valence electrons. The summed E-state index contributed by atoms with van der Waals surface area (Å²) in [5, 5.41) is 6.35. The summed E-state index contributed by atoms with van der Waals surface area (Å²) in [5.74, 6) is 0.238. The summed E-state index contributed by atoms with van der Waals surface area (Å²) in [6.07, 6.45) is 7.99. The highest BCUT2D eigenvalue weighted by Gasteiger charge is 2.39. The molecule has 1 amide bonds. The highest BCUT2D eigenvalue weighted by Crippen LogP contribution is 2.29. The van der Waals surface area contributed by atoms with Crippen molar-refractivity contribution in [1.82, 2.24) is 10.6 Å². The maximum atomic E-state index is 12.0. The highest BCUT2D eigenvalue weighted by molar-refractivity contribution is 5.86. The van der Waals surface area contributed by atoms with Gasteiger partial charge in [0, 0.05) is 6.04 Å². The van der Waals surface area contributed by atoms with Crippen molar-refractivity contribution < 1.29 is 4.79 Å². The Morgan fingerprint density at radius 2 is 1.86 bits per heavy atom. The summed E-state index contributed by atoms with van der Waals surface area (Å²) < 4.78 is 0. The molecular weight excluding hydrogens is 176 g/mol. The molecule has 0 aromatic rings. The second-order valence-electron chi connectivity index (χ2n) is 4.64. The fourth-order valence-corrected chi connectivity index (χ4v) is 2.30. The minimum absolute atomic E-state index is 0.238. The van der Waals surface area contributed by atoms with Gasteiger partial charge in [-0.15, -0.1) is 0 Å². The molecule has 2 fully saturated rings. The van der Waals surface area contributed by atoms with Crippen molar-refractivity contribution in [2.75, 3.05) is 7.05 Å². The standard InChI is InChI=1S/C11H20N2O/c1-12-11(7-3-2-4-8-11)10(14)13-9-5-6-9/h9,12H,2-8H2,1H3,(H,13,14). The van der Waals surface area contributed by atoms with Crippen molar-refractivity contribution in [3.8, 4) is 0 Å². The van der Waals surface area contributed by atoms with Gasteiger partial charge in [-0.05, 0) is 32.7 Å². The van der Waals surface area contributed by atoms with Gasteiger partial charge < -0.3 is 10.6 Å². The van der Waals surface area contributed by atoms with Gasteiger partial charge in [0.05, 0.1) is 5.54 Å². The predicted molar refractivity (Wildman–Crippen MR) is 56.0 cm³/mol. The van der Waals surface area contributed by atoms with Crippen LogP contribution in [0.3, 0.4) is 0 Å². The largest absolute Gasteiger partial charge is 0.352 e. The Hall–Kier alpha value is -0.570. The number of carbonyl (C=O) groups is 1. The average molecular weight is 196 g/mol. The molecule has 2 aliphatic rings. The number of hydrogen-bond acceptors (Lipinski definition) is 2. The molecular formula is C11H20N2O. The van der Waals surface area contributed by atoms with E-state index in [4.69, 9.17) is 0 Å². The van der Waals surface area contributed by atoms with Crippen LogP contribution in [0.25, 0.3) is 0 Å². The molecule has 2 aliphatic carbocycles. The van der Waals surface area contributed by atoms with Gasteiger partial charge in [0.1, 0.15) is 0 Å². The van der Waals surface area contributed by atoms with Crippen LogP contribution in [0.1, 0.15) is 44.9 Å². The molecule has 0 bridgehead atoms. The second kappa shape index (κ2) is 3.89. The van der Waals surface area contributed by atoms with E-state index >= 15 is 0 Å². The van der Waals surface area contributed by atoms with Gasteiger partial charge >= 0.3 is 0 Å². The fraction of sp³-hybridized carbons (Fsp3) is 0.909. The lowest BCUT2D eigenvalue weighted by Gasteiger charge is -2.35. The van der Waals surface area contributed by atoms with Crippen molar-refractivity contribution in [3.05, 3.63) is 0 Å². The van der Waals surface area contributed by atoms with Crippen molar-refractivity contribution in [1.29, 1.82) is 0 Å². The first-order valence-electron chi connectivity index (χ1n) is 5.77. The lowest BCUT2D eigenvalue weighted by Crippen LogP contribution is -2.57. The molecule has 0 aromatic heterocycles. The summed E-state index contributed by atoms with van der Waals surface area (Å²) in [6, 6.07) is 0.481. The molecule has 0 aliphatic heterocycles. The van der Waals surface area contributed by atoms with Gasteiger partial charge in [-0.2, -0.15) is 0 Å². The number of nitrogens with one attached hydrogen (secondary N) is 2. The first-order chi connectivity index (χ1) is 6.77. The predicted octanol–water partition coefficient (Wildman–Crippen LogP) is 1.19. The summed E-state index contributed by atoms with van der Waals surface area (Å²) in [6.45, 7) is 0. The number of amides is 1. The van der Waals surface area contributed by atoms with Crippen LogP contribution in [0.15, 0.2) is 0 Å². The number of hydrogen-bond donors (Lipinski definition) is 2. The van der Waals surface area contributed by atoms with E-state index < -0.39 is 0 Å². The van der Waals surface area contributed by atoms with Crippen LogP contribution < -0.4 is 10.6 Å². The van der Waals surface area contributed by atoms with Crippen molar-refractivity contribution in [3.63, 3.8) is 0 Å². The second-order valence-corrected chi connectivity index (χ2v) is 4.64. The topological polar surface area (TPSA) is 41.1 Å². The molecule has 0 unspecified atom stereocenters. The third kappa shape index (κ3) is 1.92. The summed E-state index contributed by atoms with van der Waals surface area (Å²) in [7, 11) is 1.91. The van der Waals surface area contributed by atoms with Gasteiger partial charge in [0.2, 0.25) is 5.91 Å². The SMILES string of the molecule is CNC1(C(=O)NC2CC2)CCCCC1. The lowest BCUT2D eigenvalue weighted by atomic mass is 9.81. The molecule has 0 aromatic carbocycles. The summed E-state index contributed by atoms with van der Waals surface area (Å²) in [4.78, 5) is 12.0. The molecule has 0 radical (unpaired) electrons. The first-order valence-corrected chi connectivity index (χ1v) is 5.77. The molecule has 3 nitrogen and oxygen atoms in total. The normalized spacial score (nSPS) is 25.8. The van der Waals surface area contributed by atoms with Crippen LogP contribution >= 0.6 is 0 Å². The van der Waals surface area contributed by atoms with E-state index in [2.05, 4.69) is 10.6 Å². The van der Waals surface area contributed by atoms with E-state index in [1.54, 1.807) is 0 Å². The Morgan fingerprint density at radius 3 is 2.36 bits per heavy atom. The van der Waals surface area contributed by atoms with E-state index in [0.29, 0.717) is 6.04 Å². The van der Waals surface area contributed by atoms with Crippen LogP contribution in [-0.4, -0.2) is 24.5 Å². The molecule has 0 saturated heterocycles. The van der Waals surface area contributed by atoms with Gasteiger partial charge in [-0.25, -0.2) is 0 Å². The zero-order valence-electron chi connectivity index (χ0n) is 8.94. The lowest BCUT2D eigenvalue weighted by molar-refractivity contribution is -0.129. The smallest absolute Gasteiger partial charge is 0.240 e. The Bertz CT molecular complexity index is 217. The molecule has 2 saturated carbocycles. The summed E-state index contributed by atoms with van der Waals surface area (Å²) in [5.41, 5.74) is -0.249. The van der Waals surface area contributed by atoms with E-state index in [1.165, 1.54) is 32.1 Å². The van der Waals surface area contributed by atoms with Crippen LogP contribution in [-0.2, 0) is 4.79 Å². The van der Waals surface area contributed by atoms with E-state index in [-0.39, 0.29) is 11.4 Å². The molecule has 0 spiro atoms. The van der Waals surface area contributed by atoms with E-state index in [0.717, 1.165) is 12.8 Å². The highest BCUT2D eigenvalue weighted by atomic mass is 16.2. The third-order valence-electron chi connectivity index (χ3n) is 3.53. The Labute approximate surface area is 85.6 Å². The average Bonchev–Trinajstić information content (AvgIpc) is 3.02. The van der Waals surface area contributed by atoms with Crippen LogP contribution in [0.5, 0.6) is 0 Å². The van der Waals surface area contributed by atoms with Crippen molar-refractivity contribution >= 4 is 5.91 Å². The Morgan fingerprint density at radius 1 is 1.21 bits per heavy atom. The maximum Gasteiger partial charge on any atom is 0.240 e. The number of rotatable bonds is 3. The third-order valence-corrected chi connectivity index (χ3v) is 3.53. The van der Waals surface area contributed by atoms with Crippen LogP contribution in [0.2, 0.25) is 0 Å². The molecule has 0 atom stereocenters. The van der Waals surface area contributed by atoms with Crippen LogP contribution in [0, 0.1) is 0 Å². The van der Waals surface area contributed by atoms with Crippen molar-refractivity contribution in [2.45, 2.75) is 56.5 Å². The molecule has 0 heterocycles. The molecule has 2 rings (SSSR count). The zero-order valence-corrected chi connectivity index (χ0v) is 8.94. The van der Waals surface area contributed by atoms with Crippen LogP contribution in [0.4, 0.5) is 0 Å². The minimum atomic E-state index is -0.249. The van der Waals surface area contributed by atoms with Gasteiger partial charge in [-0.3, -0.25) is 4.79 Å². The number of carbonyl (C=O) groups excluding carboxylic acids is 1. The monoisotopic (exact) mass is 196 g/mol. The molecule has 3 heteroatoms. The molecule has 14 heavy (non-hydrogen) atoms. The van der Waals surface area contributed by atoms with Gasteiger partial charge in [-0.1, -0.05) is 19.3 Å². The fourth-order valence-electron chi connectivity index (χ4n) is 2.30. The minimum Gasteiger partial charge on any atom is -0.352 e. The number of likely N-dealkylation sites (N-methyl/N-ethyl adjacent to an activating group) is 1. The van der Waals surface area contributed by atoms with E-state index in [1.807, 2.05) is 7.05 Å². The van der Waals surface area contributed by atoms with E-state index in [9.17, 15) is 4.79 Å². The first kappa shape index (κ1) is 9.97. The Kier molecular flexibility index (Phi) is 2.77. The zero-order chi connectivity index (χ0) is 10.0.